The molecule has 0 aliphatic carbocycles. The summed E-state index contributed by atoms with van der Waals surface area (Å²) in [6.07, 6.45) is 1.55. The first-order valence-corrected chi connectivity index (χ1v) is 5.71. The van der Waals surface area contributed by atoms with E-state index in [1.807, 2.05) is 14.8 Å². The highest BCUT2D eigenvalue weighted by atomic mass is 16.1. The van der Waals surface area contributed by atoms with Gasteiger partial charge in [-0.2, -0.15) is 0 Å². The summed E-state index contributed by atoms with van der Waals surface area (Å²) in [5.41, 5.74) is 11.0. The van der Waals surface area contributed by atoms with E-state index >= 15 is 0 Å². The summed E-state index contributed by atoms with van der Waals surface area (Å²) in [4.78, 5) is 11.6. The van der Waals surface area contributed by atoms with Crippen molar-refractivity contribution in [3.63, 3.8) is 0 Å². The minimum Gasteiger partial charge on any atom is -0.370 e. The Morgan fingerprint density at radius 2 is 2.06 bits per heavy atom. The van der Waals surface area contributed by atoms with E-state index in [-0.39, 0.29) is 23.6 Å². The van der Waals surface area contributed by atoms with Crippen molar-refractivity contribution in [3.8, 4) is 0 Å². The van der Waals surface area contributed by atoms with Gasteiger partial charge in [0, 0.05) is 6.54 Å². The van der Waals surface area contributed by atoms with E-state index in [1.54, 1.807) is 0 Å². The van der Waals surface area contributed by atoms with Crippen LogP contribution in [0.25, 0.3) is 0 Å². The van der Waals surface area contributed by atoms with Crippen LogP contribution in [0.2, 0.25) is 11.6 Å². The number of ketones is 1. The van der Waals surface area contributed by atoms with Gasteiger partial charge >= 0.3 is 0 Å². The summed E-state index contributed by atoms with van der Waals surface area (Å²) < 4.78 is 0. The number of guanidine groups is 1. The van der Waals surface area contributed by atoms with Gasteiger partial charge in [0.1, 0.15) is 21.5 Å². The lowest BCUT2D eigenvalue weighted by molar-refractivity contribution is -0.120. The SMILES string of the molecule is BC(CCNC(=N)N)CC(N)C(=O)C(B)C. The number of Topliss-reactive ketones (excluding diaryl/α,β-unsaturated/α-hetero) is 1. The van der Waals surface area contributed by atoms with Crippen molar-refractivity contribution in [2.75, 3.05) is 6.54 Å². The molecule has 0 heterocycles. The summed E-state index contributed by atoms with van der Waals surface area (Å²) in [6, 6.07) is -0.368. The number of rotatable bonds is 7. The minimum absolute atomic E-state index is 0.00227. The molecule has 0 radical (unpaired) electrons. The maximum atomic E-state index is 11.6. The third kappa shape index (κ3) is 6.50. The molecule has 5 nitrogen and oxygen atoms in total. The molecular weight excluding hydrogens is 202 g/mol. The molecule has 7 heteroatoms. The topological polar surface area (TPSA) is 105 Å². The number of nitrogens with one attached hydrogen (secondary N) is 2. The Labute approximate surface area is 99.0 Å². The van der Waals surface area contributed by atoms with Crippen LogP contribution in [-0.2, 0) is 4.79 Å². The molecule has 6 N–H and O–H groups in total. The van der Waals surface area contributed by atoms with E-state index < -0.39 is 0 Å². The molecule has 0 aromatic carbocycles. The molecule has 0 saturated heterocycles. The average Bonchev–Trinajstić information content (AvgIpc) is 2.15. The predicted molar refractivity (Wildman–Crippen MR) is 72.4 cm³/mol. The fraction of sp³-hybridized carbons (Fsp3) is 0.778. The summed E-state index contributed by atoms with van der Waals surface area (Å²) in [6.45, 7) is 2.52. The van der Waals surface area contributed by atoms with Crippen LogP contribution in [0.1, 0.15) is 19.8 Å². The van der Waals surface area contributed by atoms with Gasteiger partial charge in [-0.25, -0.2) is 0 Å². The maximum absolute atomic E-state index is 11.6. The molecule has 0 fully saturated rings. The first-order valence-electron chi connectivity index (χ1n) is 5.71. The normalized spacial score (nSPS) is 16.1. The Kier molecular flexibility index (Phi) is 6.88. The summed E-state index contributed by atoms with van der Waals surface area (Å²) >= 11 is 0. The summed E-state index contributed by atoms with van der Waals surface area (Å²) in [5.74, 6) is 0.447. The number of carbonyl (C=O) groups excluding carboxylic acids is 1. The third-order valence-corrected chi connectivity index (χ3v) is 2.54. The van der Waals surface area contributed by atoms with Gasteiger partial charge in [0.25, 0.3) is 0 Å². The molecule has 0 amide bonds. The lowest BCUT2D eigenvalue weighted by Gasteiger charge is -2.18. The molecule has 0 saturated carbocycles. The molecule has 0 aromatic rings. The first kappa shape index (κ1) is 15.0. The van der Waals surface area contributed by atoms with Crippen molar-refractivity contribution in [1.29, 1.82) is 5.41 Å². The van der Waals surface area contributed by atoms with Gasteiger partial charge in [0.15, 0.2) is 5.96 Å². The van der Waals surface area contributed by atoms with Gasteiger partial charge in [0.05, 0.1) is 6.04 Å². The van der Waals surface area contributed by atoms with Crippen LogP contribution in [0, 0.1) is 5.41 Å². The van der Waals surface area contributed by atoms with Crippen molar-refractivity contribution in [1.82, 2.24) is 5.32 Å². The molecule has 0 spiro atoms. The maximum Gasteiger partial charge on any atom is 0.185 e. The van der Waals surface area contributed by atoms with Gasteiger partial charge < -0.3 is 16.8 Å². The quantitative estimate of drug-likeness (QED) is 0.228. The molecule has 0 aliphatic heterocycles. The number of carbonyl (C=O) groups is 1. The molecule has 3 unspecified atom stereocenters. The van der Waals surface area contributed by atoms with E-state index in [2.05, 4.69) is 13.2 Å². The van der Waals surface area contributed by atoms with Gasteiger partial charge in [-0.05, 0) is 18.7 Å². The highest BCUT2D eigenvalue weighted by Crippen LogP contribution is 2.15. The summed E-state index contributed by atoms with van der Waals surface area (Å²) in [7, 11) is 3.92. The Hall–Kier alpha value is -0.970. The van der Waals surface area contributed by atoms with Gasteiger partial charge in [-0.1, -0.05) is 12.7 Å². The molecule has 0 aromatic heterocycles. The lowest BCUT2D eigenvalue weighted by atomic mass is 9.75. The van der Waals surface area contributed by atoms with Gasteiger partial charge in [0.2, 0.25) is 0 Å². The van der Waals surface area contributed by atoms with Crippen LogP contribution in [-0.4, -0.2) is 40.0 Å². The van der Waals surface area contributed by atoms with Crippen LogP contribution < -0.4 is 16.8 Å². The van der Waals surface area contributed by atoms with E-state index in [0.29, 0.717) is 18.8 Å². The van der Waals surface area contributed by atoms with Crippen molar-refractivity contribution < 1.29 is 4.79 Å². The fourth-order valence-corrected chi connectivity index (χ4v) is 1.55. The van der Waals surface area contributed by atoms with E-state index in [0.717, 1.165) is 6.42 Å². The molecule has 0 bridgehead atoms. The van der Waals surface area contributed by atoms with E-state index in [1.165, 1.54) is 0 Å². The molecular formula is C9H22B2N4O. The van der Waals surface area contributed by atoms with Crippen molar-refractivity contribution in [2.45, 2.75) is 37.4 Å². The van der Waals surface area contributed by atoms with Crippen LogP contribution in [0.3, 0.4) is 0 Å². The number of nitrogens with two attached hydrogens (primary N) is 2. The van der Waals surface area contributed by atoms with Crippen LogP contribution in [0.5, 0.6) is 0 Å². The monoisotopic (exact) mass is 224 g/mol. The standard InChI is InChI=1S/C9H22B2N4O/c1-5(10)8(16)7(12)4-6(11)2-3-15-9(13)14/h5-7H,2-4,10-12H2,1H3,(H4,13,14,15). The molecule has 3 atom stereocenters. The first-order chi connectivity index (χ1) is 7.34. The lowest BCUT2D eigenvalue weighted by Crippen LogP contribution is -2.35. The van der Waals surface area contributed by atoms with Gasteiger partial charge in [-0.15, -0.1) is 0 Å². The third-order valence-electron chi connectivity index (χ3n) is 2.54. The molecule has 90 valence electrons. The second-order valence-corrected chi connectivity index (χ2v) is 4.63. The zero-order valence-corrected chi connectivity index (χ0v) is 10.4. The Morgan fingerprint density at radius 3 is 2.50 bits per heavy atom. The Balaban J connectivity index is 3.82. The number of hydrogen-bond acceptors (Lipinski definition) is 3. The van der Waals surface area contributed by atoms with E-state index in [4.69, 9.17) is 16.9 Å². The Morgan fingerprint density at radius 1 is 1.50 bits per heavy atom. The largest absolute Gasteiger partial charge is 0.370 e. The van der Waals surface area contributed by atoms with Crippen molar-refractivity contribution in [3.05, 3.63) is 0 Å². The molecule has 0 aliphatic rings. The highest BCUT2D eigenvalue weighted by molar-refractivity contribution is 6.24. The molecule has 0 rings (SSSR count). The van der Waals surface area contributed by atoms with E-state index in [9.17, 15) is 4.79 Å². The number of hydrogen-bond donors (Lipinski definition) is 4. The van der Waals surface area contributed by atoms with Crippen LogP contribution in [0.4, 0.5) is 0 Å². The predicted octanol–water partition coefficient (Wildman–Crippen LogP) is -1.99. The van der Waals surface area contributed by atoms with Crippen molar-refractivity contribution >= 4 is 27.4 Å². The average molecular weight is 224 g/mol. The zero-order valence-electron chi connectivity index (χ0n) is 10.4. The highest BCUT2D eigenvalue weighted by Gasteiger charge is 2.19. The second-order valence-electron chi connectivity index (χ2n) is 4.63. The Bertz CT molecular complexity index is 248. The van der Waals surface area contributed by atoms with Crippen LogP contribution >= 0.6 is 0 Å². The molecule has 16 heavy (non-hydrogen) atoms. The zero-order chi connectivity index (χ0) is 12.7. The fourth-order valence-electron chi connectivity index (χ4n) is 1.55. The smallest absolute Gasteiger partial charge is 0.185 e. The van der Waals surface area contributed by atoms with Crippen LogP contribution in [0.15, 0.2) is 0 Å². The van der Waals surface area contributed by atoms with Crippen molar-refractivity contribution in [2.24, 2.45) is 11.5 Å². The van der Waals surface area contributed by atoms with Gasteiger partial charge in [-0.3, -0.25) is 10.2 Å². The second kappa shape index (κ2) is 7.33. The minimum atomic E-state index is -0.368. The summed E-state index contributed by atoms with van der Waals surface area (Å²) in [5, 5.41) is 9.73.